The fraction of sp³-hybridized carbons (Fsp3) is 0.300. The third kappa shape index (κ3) is 4.01. The molecule has 1 rings (SSSR count). The fourth-order valence-corrected chi connectivity index (χ4v) is 1.27. The Labute approximate surface area is 104 Å². The number of benzene rings is 1. The summed E-state index contributed by atoms with van der Waals surface area (Å²) in [6.07, 6.45) is 0. The first kappa shape index (κ1) is 14.0. The molecular formula is C10H10BrF3N2O. The highest BCUT2D eigenvalue weighted by atomic mass is 79.9. The van der Waals surface area contributed by atoms with E-state index in [4.69, 9.17) is 5.73 Å². The summed E-state index contributed by atoms with van der Waals surface area (Å²) < 4.78 is 38.8. The number of hydrogen-bond donors (Lipinski definition) is 2. The zero-order valence-corrected chi connectivity index (χ0v) is 10.2. The van der Waals surface area contributed by atoms with Crippen molar-refractivity contribution in [2.24, 2.45) is 5.73 Å². The Morgan fingerprint density at radius 3 is 2.65 bits per heavy atom. The number of rotatable bonds is 4. The van der Waals surface area contributed by atoms with E-state index in [1.807, 2.05) is 5.32 Å². The van der Waals surface area contributed by atoms with Crippen LogP contribution in [0, 0.1) is 5.82 Å². The number of alkyl halides is 2. The van der Waals surface area contributed by atoms with Gasteiger partial charge in [-0.2, -0.15) is 0 Å². The molecule has 0 atom stereocenters. The van der Waals surface area contributed by atoms with Crippen LogP contribution in [0.2, 0.25) is 0 Å². The Bertz CT molecular complexity index is 426. The second-order valence-corrected chi connectivity index (χ2v) is 4.23. The van der Waals surface area contributed by atoms with Gasteiger partial charge in [-0.3, -0.25) is 4.79 Å². The average molecular weight is 311 g/mol. The average Bonchev–Trinajstić information content (AvgIpc) is 2.30. The molecule has 0 saturated carbocycles. The maximum atomic E-state index is 13.1. The van der Waals surface area contributed by atoms with Crippen LogP contribution in [0.25, 0.3) is 0 Å². The normalized spacial score (nSPS) is 11.4. The monoisotopic (exact) mass is 310 g/mol. The van der Waals surface area contributed by atoms with Crippen molar-refractivity contribution >= 4 is 21.8 Å². The molecule has 0 bridgehead atoms. The second kappa shape index (κ2) is 5.50. The van der Waals surface area contributed by atoms with Crippen LogP contribution in [-0.4, -0.2) is 24.9 Å². The minimum atomic E-state index is -3.16. The van der Waals surface area contributed by atoms with Crippen LogP contribution < -0.4 is 11.1 Å². The molecular weight excluding hydrogens is 301 g/mol. The number of amides is 1. The standard InChI is InChI=1S/C10H10BrF3N2O/c11-7-2-1-6(3-8(7)12)9(17)16-5-10(13,14)4-15/h1-3H,4-5,15H2,(H,16,17). The molecule has 1 aromatic carbocycles. The highest BCUT2D eigenvalue weighted by molar-refractivity contribution is 9.10. The molecule has 3 N–H and O–H groups in total. The Balaban J connectivity index is 2.68. The quantitative estimate of drug-likeness (QED) is 0.892. The van der Waals surface area contributed by atoms with Crippen LogP contribution in [-0.2, 0) is 0 Å². The number of nitrogens with one attached hydrogen (secondary N) is 1. The Morgan fingerprint density at radius 2 is 2.12 bits per heavy atom. The van der Waals surface area contributed by atoms with E-state index in [2.05, 4.69) is 15.9 Å². The summed E-state index contributed by atoms with van der Waals surface area (Å²) in [5.74, 6) is -4.57. The van der Waals surface area contributed by atoms with Crippen LogP contribution in [0.15, 0.2) is 22.7 Å². The Morgan fingerprint density at radius 1 is 1.47 bits per heavy atom. The summed E-state index contributed by atoms with van der Waals surface area (Å²) in [5.41, 5.74) is 4.78. The number of halogens is 4. The van der Waals surface area contributed by atoms with Gasteiger partial charge in [0.05, 0.1) is 17.6 Å². The van der Waals surface area contributed by atoms with Gasteiger partial charge in [-0.15, -0.1) is 0 Å². The fourth-order valence-electron chi connectivity index (χ4n) is 1.02. The van der Waals surface area contributed by atoms with E-state index in [-0.39, 0.29) is 10.0 Å². The zero-order valence-electron chi connectivity index (χ0n) is 8.64. The maximum Gasteiger partial charge on any atom is 0.277 e. The Hall–Kier alpha value is -1.08. The first-order valence-corrected chi connectivity index (χ1v) is 5.46. The third-order valence-corrected chi connectivity index (χ3v) is 2.63. The van der Waals surface area contributed by atoms with Crippen molar-refractivity contribution in [3.8, 4) is 0 Å². The van der Waals surface area contributed by atoms with Gasteiger partial charge < -0.3 is 11.1 Å². The van der Waals surface area contributed by atoms with E-state index in [1.165, 1.54) is 12.1 Å². The van der Waals surface area contributed by atoms with Gasteiger partial charge in [0.2, 0.25) is 0 Å². The molecule has 0 radical (unpaired) electrons. The molecule has 0 saturated heterocycles. The van der Waals surface area contributed by atoms with Gasteiger partial charge in [0.15, 0.2) is 0 Å². The van der Waals surface area contributed by atoms with E-state index < -0.39 is 30.7 Å². The number of carbonyl (C=O) groups excluding carboxylic acids is 1. The molecule has 0 fully saturated rings. The van der Waals surface area contributed by atoms with Crippen molar-refractivity contribution in [1.82, 2.24) is 5.32 Å². The van der Waals surface area contributed by atoms with Crippen LogP contribution >= 0.6 is 15.9 Å². The van der Waals surface area contributed by atoms with Crippen molar-refractivity contribution in [2.75, 3.05) is 13.1 Å². The van der Waals surface area contributed by atoms with Gasteiger partial charge in [-0.05, 0) is 34.1 Å². The minimum Gasteiger partial charge on any atom is -0.346 e. The van der Waals surface area contributed by atoms with Crippen molar-refractivity contribution in [3.05, 3.63) is 34.1 Å². The largest absolute Gasteiger partial charge is 0.346 e. The van der Waals surface area contributed by atoms with Gasteiger partial charge in [-0.1, -0.05) is 0 Å². The van der Waals surface area contributed by atoms with E-state index >= 15 is 0 Å². The van der Waals surface area contributed by atoms with Gasteiger partial charge in [0.1, 0.15) is 5.82 Å². The predicted molar refractivity (Wildman–Crippen MR) is 60.4 cm³/mol. The summed E-state index contributed by atoms with van der Waals surface area (Å²) in [6.45, 7) is -1.73. The molecule has 17 heavy (non-hydrogen) atoms. The van der Waals surface area contributed by atoms with Gasteiger partial charge in [0.25, 0.3) is 11.8 Å². The molecule has 0 spiro atoms. The first-order valence-electron chi connectivity index (χ1n) is 4.67. The molecule has 7 heteroatoms. The summed E-state index contributed by atoms with van der Waals surface area (Å²) in [5, 5.41) is 1.99. The summed E-state index contributed by atoms with van der Waals surface area (Å²) in [7, 11) is 0. The van der Waals surface area contributed by atoms with Crippen molar-refractivity contribution < 1.29 is 18.0 Å². The third-order valence-electron chi connectivity index (χ3n) is 1.99. The SMILES string of the molecule is NCC(F)(F)CNC(=O)c1ccc(Br)c(F)c1. The molecule has 0 aromatic heterocycles. The topological polar surface area (TPSA) is 55.1 Å². The van der Waals surface area contributed by atoms with Crippen molar-refractivity contribution in [1.29, 1.82) is 0 Å². The minimum absolute atomic E-state index is 0.0291. The lowest BCUT2D eigenvalue weighted by Crippen LogP contribution is -2.41. The van der Waals surface area contributed by atoms with Crippen LogP contribution in [0.1, 0.15) is 10.4 Å². The van der Waals surface area contributed by atoms with E-state index in [0.29, 0.717) is 0 Å². The lowest BCUT2D eigenvalue weighted by Gasteiger charge is -2.14. The molecule has 94 valence electrons. The van der Waals surface area contributed by atoms with Crippen molar-refractivity contribution in [3.63, 3.8) is 0 Å². The molecule has 0 heterocycles. The maximum absolute atomic E-state index is 13.1. The molecule has 0 aliphatic carbocycles. The molecule has 0 aliphatic rings. The molecule has 3 nitrogen and oxygen atoms in total. The zero-order chi connectivity index (χ0) is 13.1. The summed E-state index contributed by atoms with van der Waals surface area (Å²) in [4.78, 5) is 11.4. The lowest BCUT2D eigenvalue weighted by molar-refractivity contribution is 0.0118. The highest BCUT2D eigenvalue weighted by Crippen LogP contribution is 2.16. The molecule has 1 amide bonds. The van der Waals surface area contributed by atoms with E-state index in [9.17, 15) is 18.0 Å². The molecule has 0 aliphatic heterocycles. The number of carbonyl (C=O) groups is 1. The predicted octanol–water partition coefficient (Wildman–Crippen LogP) is 1.91. The van der Waals surface area contributed by atoms with Gasteiger partial charge >= 0.3 is 0 Å². The Kier molecular flexibility index (Phi) is 4.53. The molecule has 0 unspecified atom stereocenters. The van der Waals surface area contributed by atoms with E-state index in [0.717, 1.165) is 6.07 Å². The van der Waals surface area contributed by atoms with E-state index in [1.54, 1.807) is 0 Å². The number of nitrogens with two attached hydrogens (primary N) is 1. The van der Waals surface area contributed by atoms with Crippen LogP contribution in [0.5, 0.6) is 0 Å². The smallest absolute Gasteiger partial charge is 0.277 e. The molecule has 1 aromatic rings. The van der Waals surface area contributed by atoms with Crippen LogP contribution in [0.4, 0.5) is 13.2 Å². The highest BCUT2D eigenvalue weighted by Gasteiger charge is 2.27. The number of hydrogen-bond acceptors (Lipinski definition) is 2. The van der Waals surface area contributed by atoms with Crippen molar-refractivity contribution in [2.45, 2.75) is 5.92 Å². The van der Waals surface area contributed by atoms with Gasteiger partial charge in [-0.25, -0.2) is 13.2 Å². The van der Waals surface area contributed by atoms with Crippen LogP contribution in [0.3, 0.4) is 0 Å². The van der Waals surface area contributed by atoms with Gasteiger partial charge in [0, 0.05) is 5.56 Å². The summed E-state index contributed by atoms with van der Waals surface area (Å²) in [6, 6.07) is 3.61. The first-order chi connectivity index (χ1) is 7.85. The lowest BCUT2D eigenvalue weighted by atomic mass is 10.2. The second-order valence-electron chi connectivity index (χ2n) is 3.37. The summed E-state index contributed by atoms with van der Waals surface area (Å²) >= 11 is 2.92.